The predicted octanol–water partition coefficient (Wildman–Crippen LogP) is 3.84. The summed E-state index contributed by atoms with van der Waals surface area (Å²) in [5.41, 5.74) is 2.57. The normalized spacial score (nSPS) is 19.0. The fourth-order valence-corrected chi connectivity index (χ4v) is 2.98. The van der Waals surface area contributed by atoms with Crippen molar-refractivity contribution in [3.63, 3.8) is 0 Å². The number of hydrogen-bond donors (Lipinski definition) is 1. The van der Waals surface area contributed by atoms with Crippen LogP contribution in [0.4, 0.5) is 5.69 Å². The van der Waals surface area contributed by atoms with E-state index in [1.807, 2.05) is 6.07 Å². The molecule has 4 heteroatoms. The van der Waals surface area contributed by atoms with E-state index in [1.54, 1.807) is 0 Å². The van der Waals surface area contributed by atoms with Gasteiger partial charge in [-0.2, -0.15) is 0 Å². The zero-order valence-electron chi connectivity index (χ0n) is 13.2. The number of hydrogen-bond acceptors (Lipinski definition) is 3. The van der Waals surface area contributed by atoms with Gasteiger partial charge in [-0.15, -0.1) is 0 Å². The van der Waals surface area contributed by atoms with E-state index in [0.29, 0.717) is 6.10 Å². The molecular weight excluding hydrogens is 284 g/mol. The molecule has 0 radical (unpaired) electrons. The minimum absolute atomic E-state index is 0.352. The van der Waals surface area contributed by atoms with Gasteiger partial charge in [0.05, 0.1) is 6.10 Å². The highest BCUT2D eigenvalue weighted by Crippen LogP contribution is 2.28. The maximum absolute atomic E-state index is 6.21. The molecule has 1 N–H and O–H groups in total. The molecular formula is C17H27ClN2O. The van der Waals surface area contributed by atoms with Crippen molar-refractivity contribution in [3.05, 3.63) is 28.8 Å². The molecule has 118 valence electrons. The molecule has 2 rings (SSSR count). The van der Waals surface area contributed by atoms with E-state index in [9.17, 15) is 0 Å². The average molecular weight is 311 g/mol. The summed E-state index contributed by atoms with van der Waals surface area (Å²) in [7, 11) is 0. The van der Waals surface area contributed by atoms with Gasteiger partial charge in [0, 0.05) is 37.0 Å². The number of ether oxygens (including phenoxy) is 1. The van der Waals surface area contributed by atoms with Gasteiger partial charge in [-0.25, -0.2) is 0 Å². The average Bonchev–Trinajstić information content (AvgIpc) is 2.52. The van der Waals surface area contributed by atoms with Gasteiger partial charge in [0.25, 0.3) is 0 Å². The number of benzene rings is 1. The minimum Gasteiger partial charge on any atom is -0.376 e. The lowest BCUT2D eigenvalue weighted by molar-refractivity contribution is 0.0440. The van der Waals surface area contributed by atoms with Gasteiger partial charge in [0.15, 0.2) is 0 Å². The number of piperidine rings is 1. The molecule has 0 aromatic heterocycles. The third-order valence-corrected chi connectivity index (χ3v) is 4.12. The van der Waals surface area contributed by atoms with E-state index in [4.69, 9.17) is 16.3 Å². The van der Waals surface area contributed by atoms with E-state index < -0.39 is 0 Å². The van der Waals surface area contributed by atoms with E-state index in [0.717, 1.165) is 44.2 Å². The van der Waals surface area contributed by atoms with Gasteiger partial charge >= 0.3 is 0 Å². The molecule has 0 amide bonds. The maximum atomic E-state index is 6.21. The molecule has 0 aliphatic carbocycles. The lowest BCUT2D eigenvalue weighted by Crippen LogP contribution is -2.40. The summed E-state index contributed by atoms with van der Waals surface area (Å²) in [5, 5.41) is 4.22. The highest BCUT2D eigenvalue weighted by molar-refractivity contribution is 6.30. The topological polar surface area (TPSA) is 24.5 Å². The number of rotatable bonds is 7. The SMILES string of the molecule is CCCOC1CCCN(c2cc(Cl)ccc2CNCC)C1. The molecule has 1 heterocycles. The molecule has 1 aromatic rings. The largest absolute Gasteiger partial charge is 0.376 e. The van der Waals surface area contributed by atoms with Gasteiger partial charge in [-0.3, -0.25) is 0 Å². The fourth-order valence-electron chi connectivity index (χ4n) is 2.82. The Labute approximate surface area is 133 Å². The number of anilines is 1. The van der Waals surface area contributed by atoms with Gasteiger partial charge in [0.1, 0.15) is 0 Å². The highest BCUT2D eigenvalue weighted by atomic mass is 35.5. The molecule has 1 atom stereocenters. The predicted molar refractivity (Wildman–Crippen MR) is 90.3 cm³/mol. The van der Waals surface area contributed by atoms with Crippen molar-refractivity contribution in [2.24, 2.45) is 0 Å². The third kappa shape index (κ3) is 4.87. The molecule has 21 heavy (non-hydrogen) atoms. The molecule has 0 bridgehead atoms. The number of nitrogens with zero attached hydrogens (tertiary/aromatic N) is 1. The Balaban J connectivity index is 2.09. The maximum Gasteiger partial charge on any atom is 0.0750 e. The number of nitrogens with one attached hydrogen (secondary N) is 1. The van der Waals surface area contributed by atoms with Crippen molar-refractivity contribution in [1.82, 2.24) is 5.32 Å². The van der Waals surface area contributed by atoms with E-state index in [2.05, 4.69) is 36.2 Å². The zero-order chi connectivity index (χ0) is 15.1. The van der Waals surface area contributed by atoms with Crippen LogP contribution in [-0.4, -0.2) is 32.3 Å². The Morgan fingerprint density at radius 3 is 3.00 bits per heavy atom. The Morgan fingerprint density at radius 1 is 1.38 bits per heavy atom. The molecule has 1 aromatic carbocycles. The lowest BCUT2D eigenvalue weighted by atomic mass is 10.0. The van der Waals surface area contributed by atoms with Crippen LogP contribution in [0.25, 0.3) is 0 Å². The summed E-state index contributed by atoms with van der Waals surface area (Å²) in [6.45, 7) is 9.07. The van der Waals surface area contributed by atoms with Crippen LogP contribution < -0.4 is 10.2 Å². The van der Waals surface area contributed by atoms with Gasteiger partial charge in [-0.05, 0) is 43.5 Å². The summed E-state index contributed by atoms with van der Waals surface area (Å²) >= 11 is 6.21. The molecule has 1 aliphatic heterocycles. The summed E-state index contributed by atoms with van der Waals surface area (Å²) in [6, 6.07) is 6.21. The van der Waals surface area contributed by atoms with Crippen molar-refractivity contribution in [1.29, 1.82) is 0 Å². The molecule has 0 saturated carbocycles. The molecule has 1 saturated heterocycles. The summed E-state index contributed by atoms with van der Waals surface area (Å²) in [5.74, 6) is 0. The standard InChI is InChI=1S/C17H27ClN2O/c1-3-10-21-16-6-5-9-20(13-16)17-11-15(18)8-7-14(17)12-19-4-2/h7-8,11,16,19H,3-6,9-10,12-13H2,1-2H3. The van der Waals surface area contributed by atoms with Crippen LogP contribution in [0.1, 0.15) is 38.7 Å². The third-order valence-electron chi connectivity index (χ3n) is 3.89. The van der Waals surface area contributed by atoms with Crippen molar-refractivity contribution < 1.29 is 4.74 Å². The Kier molecular flexibility index (Phi) is 6.81. The Hall–Kier alpha value is -0.770. The van der Waals surface area contributed by atoms with Crippen molar-refractivity contribution in [2.45, 2.75) is 45.8 Å². The Morgan fingerprint density at radius 2 is 2.24 bits per heavy atom. The van der Waals surface area contributed by atoms with Gasteiger partial charge < -0.3 is 15.0 Å². The molecule has 1 fully saturated rings. The first-order valence-corrected chi connectivity index (χ1v) is 8.48. The van der Waals surface area contributed by atoms with Crippen LogP contribution in [0.2, 0.25) is 5.02 Å². The second kappa shape index (κ2) is 8.62. The van der Waals surface area contributed by atoms with E-state index in [1.165, 1.54) is 24.1 Å². The van der Waals surface area contributed by atoms with Crippen LogP contribution in [0.3, 0.4) is 0 Å². The van der Waals surface area contributed by atoms with Crippen LogP contribution in [0, 0.1) is 0 Å². The van der Waals surface area contributed by atoms with Crippen molar-refractivity contribution in [2.75, 3.05) is 31.1 Å². The zero-order valence-corrected chi connectivity index (χ0v) is 14.0. The van der Waals surface area contributed by atoms with Crippen LogP contribution in [-0.2, 0) is 11.3 Å². The smallest absolute Gasteiger partial charge is 0.0750 e. The second-order valence-electron chi connectivity index (χ2n) is 5.63. The molecule has 1 unspecified atom stereocenters. The quantitative estimate of drug-likeness (QED) is 0.828. The first-order valence-electron chi connectivity index (χ1n) is 8.10. The van der Waals surface area contributed by atoms with Gasteiger partial charge in [0.2, 0.25) is 0 Å². The van der Waals surface area contributed by atoms with Gasteiger partial charge in [-0.1, -0.05) is 31.5 Å². The molecule has 1 aliphatic rings. The van der Waals surface area contributed by atoms with E-state index in [-0.39, 0.29) is 0 Å². The van der Waals surface area contributed by atoms with Crippen molar-refractivity contribution >= 4 is 17.3 Å². The van der Waals surface area contributed by atoms with Crippen LogP contribution in [0.5, 0.6) is 0 Å². The summed E-state index contributed by atoms with van der Waals surface area (Å²) in [6.07, 6.45) is 3.78. The minimum atomic E-state index is 0.352. The molecule has 3 nitrogen and oxygen atoms in total. The van der Waals surface area contributed by atoms with Crippen LogP contribution >= 0.6 is 11.6 Å². The second-order valence-corrected chi connectivity index (χ2v) is 6.07. The fraction of sp³-hybridized carbons (Fsp3) is 0.647. The summed E-state index contributed by atoms with van der Waals surface area (Å²) in [4.78, 5) is 2.43. The monoisotopic (exact) mass is 310 g/mol. The summed E-state index contributed by atoms with van der Waals surface area (Å²) < 4.78 is 5.94. The van der Waals surface area contributed by atoms with Crippen molar-refractivity contribution in [3.8, 4) is 0 Å². The first kappa shape index (κ1) is 16.6. The highest BCUT2D eigenvalue weighted by Gasteiger charge is 2.22. The Bertz CT molecular complexity index is 439. The molecule has 0 spiro atoms. The van der Waals surface area contributed by atoms with Crippen LogP contribution in [0.15, 0.2) is 18.2 Å². The first-order chi connectivity index (χ1) is 10.2. The number of halogens is 1. The van der Waals surface area contributed by atoms with E-state index >= 15 is 0 Å². The lowest BCUT2D eigenvalue weighted by Gasteiger charge is -2.35.